The molecule has 0 rings (SSSR count). The van der Waals surface area contributed by atoms with Gasteiger partial charge in [-0.1, -0.05) is 220 Å². The number of aliphatic hydroxyl groups is 1. The quantitative estimate of drug-likeness (QED) is 0.0243. The van der Waals surface area contributed by atoms with Gasteiger partial charge in [-0.3, -0.25) is 13.8 Å². The largest absolute Gasteiger partial charge is 0.472 e. The fourth-order valence-electron chi connectivity index (χ4n) is 7.30. The minimum atomic E-state index is -4.36. The second-order valence-corrected chi connectivity index (χ2v) is 20.7. The number of hydrogen-bond acceptors (Lipinski definition) is 5. The van der Waals surface area contributed by atoms with Gasteiger partial charge < -0.3 is 19.8 Å². The van der Waals surface area contributed by atoms with Gasteiger partial charge in [-0.15, -0.1) is 0 Å². The number of phosphoric acid groups is 1. The average Bonchev–Trinajstić information content (AvgIpc) is 3.29. The first kappa shape index (κ1) is 64.4. The van der Waals surface area contributed by atoms with Crippen LogP contribution in [0.3, 0.4) is 0 Å². The third-order valence-electron chi connectivity index (χ3n) is 11.5. The van der Waals surface area contributed by atoms with E-state index in [4.69, 9.17) is 9.05 Å². The number of quaternary nitrogens is 1. The predicted molar refractivity (Wildman–Crippen MR) is 290 cm³/mol. The summed E-state index contributed by atoms with van der Waals surface area (Å²) in [4.78, 5) is 23.2. The molecule has 0 saturated heterocycles. The van der Waals surface area contributed by atoms with E-state index in [9.17, 15) is 19.4 Å². The van der Waals surface area contributed by atoms with Gasteiger partial charge in [-0.05, 0) is 83.5 Å². The number of likely N-dealkylation sites (N-methyl/N-ethyl adjacent to an activating group) is 1. The maximum Gasteiger partial charge on any atom is 0.472 e. The fraction of sp³-hybridized carbons (Fsp3) is 0.707. The summed E-state index contributed by atoms with van der Waals surface area (Å²) < 4.78 is 23.6. The molecule has 386 valence electrons. The summed E-state index contributed by atoms with van der Waals surface area (Å²) in [5, 5.41) is 13.9. The molecule has 0 aromatic heterocycles. The Kier molecular flexibility index (Phi) is 46.6. The molecule has 67 heavy (non-hydrogen) atoms. The molecule has 8 nitrogen and oxygen atoms in total. The van der Waals surface area contributed by atoms with E-state index in [2.05, 4.69) is 104 Å². The van der Waals surface area contributed by atoms with Crippen LogP contribution < -0.4 is 5.32 Å². The molecule has 3 unspecified atom stereocenters. The summed E-state index contributed by atoms with van der Waals surface area (Å²) in [6.45, 7) is 4.66. The number of nitrogens with one attached hydrogen (secondary N) is 1. The van der Waals surface area contributed by atoms with Crippen LogP contribution in [-0.2, 0) is 18.4 Å². The van der Waals surface area contributed by atoms with Crippen molar-refractivity contribution in [2.24, 2.45) is 0 Å². The maximum absolute atomic E-state index is 12.9. The Morgan fingerprint density at radius 2 is 0.910 bits per heavy atom. The van der Waals surface area contributed by atoms with E-state index in [1.54, 1.807) is 6.08 Å². The van der Waals surface area contributed by atoms with Crippen LogP contribution in [-0.4, -0.2) is 73.4 Å². The standard InChI is InChI=1S/C58H103N2O6P/c1-6-8-10-12-14-16-18-20-22-23-24-25-26-27-28-29-30-31-32-33-34-35-36-37-38-40-42-44-46-48-50-52-58(62)59-56(55-66-67(63,64)65-54-53-60(3,4)5)57(61)51-49-47-45-43-41-39-21-19-17-15-13-11-9-7-2/h8,10,14,16,20,22,24-25,27-28,30-31,41,43,49,51,56-57,61H,6-7,9,11-13,15,17-19,21,23,26,29,32-40,42,44-48,50,52-55H2,1-5H3,(H-,59,62,63,64)/p+1/b10-8-,16-14-,22-20-,25-24-,28-27-,31-30-,43-41+,51-49+. The lowest BCUT2D eigenvalue weighted by molar-refractivity contribution is -0.870. The first-order valence-corrected chi connectivity index (χ1v) is 28.6. The topological polar surface area (TPSA) is 105 Å². The average molecular weight is 956 g/mol. The molecule has 9 heteroatoms. The van der Waals surface area contributed by atoms with E-state index >= 15 is 0 Å². The Morgan fingerprint density at radius 1 is 0.522 bits per heavy atom. The number of allylic oxidation sites excluding steroid dienone is 15. The lowest BCUT2D eigenvalue weighted by Crippen LogP contribution is -2.45. The minimum absolute atomic E-state index is 0.0518. The van der Waals surface area contributed by atoms with E-state index in [0.717, 1.165) is 77.0 Å². The van der Waals surface area contributed by atoms with E-state index in [0.29, 0.717) is 17.4 Å². The normalized spacial score (nSPS) is 14.8. The molecule has 0 aromatic rings. The molecule has 0 bridgehead atoms. The molecule has 0 fully saturated rings. The van der Waals surface area contributed by atoms with Crippen molar-refractivity contribution in [3.05, 3.63) is 97.2 Å². The molecule has 0 radical (unpaired) electrons. The number of rotatable bonds is 48. The summed E-state index contributed by atoms with van der Waals surface area (Å²) in [5.41, 5.74) is 0. The summed E-state index contributed by atoms with van der Waals surface area (Å²) >= 11 is 0. The van der Waals surface area contributed by atoms with Crippen LogP contribution in [0.25, 0.3) is 0 Å². The molecule has 0 saturated carbocycles. The highest BCUT2D eigenvalue weighted by molar-refractivity contribution is 7.47. The molecule has 0 aliphatic rings. The number of hydrogen-bond donors (Lipinski definition) is 3. The summed E-state index contributed by atoms with van der Waals surface area (Å²) in [6, 6.07) is -0.869. The number of aliphatic hydroxyl groups excluding tert-OH is 1. The maximum atomic E-state index is 12.9. The van der Waals surface area contributed by atoms with Crippen molar-refractivity contribution in [2.75, 3.05) is 40.9 Å². The third kappa shape index (κ3) is 51.1. The van der Waals surface area contributed by atoms with Crippen LogP contribution in [0.2, 0.25) is 0 Å². The molecule has 1 amide bonds. The zero-order valence-corrected chi connectivity index (χ0v) is 44.8. The van der Waals surface area contributed by atoms with Crippen LogP contribution >= 0.6 is 7.82 Å². The number of amides is 1. The highest BCUT2D eigenvalue weighted by atomic mass is 31.2. The Balaban J connectivity index is 4.19. The number of unbranched alkanes of at least 4 members (excludes halogenated alkanes) is 21. The Morgan fingerprint density at radius 3 is 1.37 bits per heavy atom. The molecule has 3 N–H and O–H groups in total. The SMILES string of the molecule is CC/C=C\C/C=C\C/C=C\C/C=C\C/C=C\C/C=C\CCCCCCCCCCCCCCC(=O)NC(COP(=O)(O)OCC[N+](C)(C)C)C(O)/C=C/CC/C=C/CCCCCCCCCC. The van der Waals surface area contributed by atoms with Crippen molar-refractivity contribution >= 4 is 13.7 Å². The van der Waals surface area contributed by atoms with Gasteiger partial charge in [0.25, 0.3) is 0 Å². The second-order valence-electron chi connectivity index (χ2n) is 19.2. The first-order chi connectivity index (χ1) is 32.5. The van der Waals surface area contributed by atoms with Gasteiger partial charge >= 0.3 is 7.82 Å². The minimum Gasteiger partial charge on any atom is -0.387 e. The Hall–Kier alpha value is -2.58. The molecule has 0 spiro atoms. The molecule has 0 aromatic carbocycles. The summed E-state index contributed by atoms with van der Waals surface area (Å²) in [7, 11) is 1.54. The van der Waals surface area contributed by atoms with E-state index in [-0.39, 0.29) is 19.1 Å². The van der Waals surface area contributed by atoms with Crippen LogP contribution in [0.4, 0.5) is 0 Å². The molecular formula is C58H104N2O6P+. The van der Waals surface area contributed by atoms with Crippen LogP contribution in [0.5, 0.6) is 0 Å². The van der Waals surface area contributed by atoms with Crippen molar-refractivity contribution in [3.63, 3.8) is 0 Å². The van der Waals surface area contributed by atoms with Gasteiger partial charge in [-0.2, -0.15) is 0 Å². The lowest BCUT2D eigenvalue weighted by Gasteiger charge is -2.25. The van der Waals surface area contributed by atoms with E-state index in [1.165, 1.54) is 116 Å². The Bertz CT molecular complexity index is 1410. The Labute approximate surface area is 413 Å². The summed E-state index contributed by atoms with van der Waals surface area (Å²) in [6.07, 6.45) is 69.3. The van der Waals surface area contributed by atoms with Crippen molar-refractivity contribution in [3.8, 4) is 0 Å². The zero-order valence-electron chi connectivity index (χ0n) is 43.9. The second kappa shape index (κ2) is 48.4. The smallest absolute Gasteiger partial charge is 0.387 e. The van der Waals surface area contributed by atoms with Gasteiger partial charge in [0, 0.05) is 6.42 Å². The van der Waals surface area contributed by atoms with E-state index < -0.39 is 20.0 Å². The molecule has 0 heterocycles. The number of carbonyl (C=O) groups excluding carboxylic acids is 1. The van der Waals surface area contributed by atoms with Crippen LogP contribution in [0.15, 0.2) is 97.2 Å². The predicted octanol–water partition coefficient (Wildman–Crippen LogP) is 16.3. The third-order valence-corrected chi connectivity index (χ3v) is 12.5. The van der Waals surface area contributed by atoms with Crippen molar-refractivity contribution < 1.29 is 32.9 Å². The van der Waals surface area contributed by atoms with Gasteiger partial charge in [0.2, 0.25) is 5.91 Å². The number of carbonyl (C=O) groups is 1. The summed E-state index contributed by atoms with van der Waals surface area (Å²) in [5.74, 6) is -0.193. The van der Waals surface area contributed by atoms with Gasteiger partial charge in [0.05, 0.1) is 39.9 Å². The van der Waals surface area contributed by atoms with Gasteiger partial charge in [0.1, 0.15) is 13.2 Å². The lowest BCUT2D eigenvalue weighted by atomic mass is 10.0. The number of phosphoric ester groups is 1. The van der Waals surface area contributed by atoms with Gasteiger partial charge in [-0.25, -0.2) is 4.57 Å². The zero-order chi connectivity index (χ0) is 49.2. The molecule has 0 aliphatic carbocycles. The first-order valence-electron chi connectivity index (χ1n) is 27.1. The molecule has 0 aliphatic heterocycles. The highest BCUT2D eigenvalue weighted by Gasteiger charge is 2.27. The van der Waals surface area contributed by atoms with Crippen molar-refractivity contribution in [2.45, 2.75) is 225 Å². The molecular weight excluding hydrogens is 852 g/mol. The highest BCUT2D eigenvalue weighted by Crippen LogP contribution is 2.43. The number of nitrogens with zero attached hydrogens (tertiary/aromatic N) is 1. The van der Waals surface area contributed by atoms with Gasteiger partial charge in [0.15, 0.2) is 0 Å². The van der Waals surface area contributed by atoms with Crippen LogP contribution in [0.1, 0.15) is 213 Å². The van der Waals surface area contributed by atoms with E-state index in [1.807, 2.05) is 27.2 Å². The fourth-order valence-corrected chi connectivity index (χ4v) is 8.03. The monoisotopic (exact) mass is 956 g/mol. The van der Waals surface area contributed by atoms with Crippen molar-refractivity contribution in [1.82, 2.24) is 5.32 Å². The van der Waals surface area contributed by atoms with Crippen LogP contribution in [0, 0.1) is 0 Å². The van der Waals surface area contributed by atoms with Crippen molar-refractivity contribution in [1.29, 1.82) is 0 Å². The molecule has 3 atom stereocenters.